The third-order valence-electron chi connectivity index (χ3n) is 9.09. The number of allylic oxidation sites excluding steroid dienone is 4. The van der Waals surface area contributed by atoms with Crippen LogP contribution >= 0.6 is 0 Å². The summed E-state index contributed by atoms with van der Waals surface area (Å²) in [5.41, 5.74) is 0.316. The quantitative estimate of drug-likeness (QED) is 0.220. The molecule has 3 fully saturated rings. The number of hydrogen-bond acceptors (Lipinski definition) is 2. The van der Waals surface area contributed by atoms with Gasteiger partial charge >= 0.3 is 5.97 Å². The first kappa shape index (κ1) is 26.1. The first-order chi connectivity index (χ1) is 17.0. The van der Waals surface area contributed by atoms with Crippen LogP contribution in [-0.2, 0) is 11.2 Å². The van der Waals surface area contributed by atoms with Crippen LogP contribution in [0.3, 0.4) is 0 Å². The molecule has 3 saturated carbocycles. The molecule has 0 amide bonds. The van der Waals surface area contributed by atoms with Gasteiger partial charge in [-0.15, -0.1) is 0 Å². The molecular weight excluding hydrogens is 442 g/mol. The number of fused-ring (bicyclic) bond motifs is 1. The van der Waals surface area contributed by atoms with Gasteiger partial charge in [0.1, 0.15) is 0 Å². The summed E-state index contributed by atoms with van der Waals surface area (Å²) in [5, 5.41) is 0. The van der Waals surface area contributed by atoms with Gasteiger partial charge in [0, 0.05) is 0 Å². The van der Waals surface area contributed by atoms with Crippen LogP contribution in [0.5, 0.6) is 5.75 Å². The zero-order valence-electron chi connectivity index (χ0n) is 21.5. The normalized spacial score (nSPS) is 31.5. The highest BCUT2D eigenvalue weighted by Crippen LogP contribution is 2.50. The van der Waals surface area contributed by atoms with Crippen LogP contribution in [0.1, 0.15) is 90.0 Å². The number of rotatable bonds is 7. The van der Waals surface area contributed by atoms with Crippen molar-refractivity contribution >= 4 is 5.97 Å². The molecule has 0 N–H and O–H groups in total. The fourth-order valence-electron chi connectivity index (χ4n) is 7.23. The first-order valence-electron chi connectivity index (χ1n) is 13.9. The number of benzene rings is 1. The molecule has 192 valence electrons. The minimum atomic E-state index is -1.04. The molecule has 2 nitrogen and oxygen atoms in total. The molecule has 35 heavy (non-hydrogen) atoms. The van der Waals surface area contributed by atoms with Gasteiger partial charge in [-0.3, -0.25) is 4.79 Å². The average molecular weight is 485 g/mol. The van der Waals surface area contributed by atoms with E-state index in [0.717, 1.165) is 37.0 Å². The second-order valence-electron chi connectivity index (χ2n) is 11.1. The summed E-state index contributed by atoms with van der Waals surface area (Å²) >= 11 is 0. The van der Waals surface area contributed by atoms with E-state index < -0.39 is 11.6 Å². The standard InChI is InChI=1S/C31H42F2O2/c1-3-5-6-9-23-17-19-28(30(33)29(23)32)35-31(34)27-11-7-10-25-20-24(16-18-26(25)27)22-14-12-21(8-4-2)13-15-22/h3-5,8,17,19,21-22,24-27H,6-7,9-16,18,20H2,1-2H3/b5-3+,8-4+. The fourth-order valence-corrected chi connectivity index (χ4v) is 7.23. The molecule has 0 radical (unpaired) electrons. The van der Waals surface area contributed by atoms with Gasteiger partial charge in [-0.05, 0) is 119 Å². The van der Waals surface area contributed by atoms with Crippen LogP contribution in [0.15, 0.2) is 36.4 Å². The van der Waals surface area contributed by atoms with Gasteiger partial charge in [0.05, 0.1) is 5.92 Å². The van der Waals surface area contributed by atoms with Crippen molar-refractivity contribution in [3.05, 3.63) is 53.6 Å². The lowest BCUT2D eigenvalue weighted by molar-refractivity contribution is -0.144. The van der Waals surface area contributed by atoms with E-state index in [1.807, 2.05) is 19.1 Å². The Morgan fingerprint density at radius 2 is 1.69 bits per heavy atom. The summed E-state index contributed by atoms with van der Waals surface area (Å²) in [6.07, 6.45) is 21.2. The summed E-state index contributed by atoms with van der Waals surface area (Å²) in [5.74, 6) is 0.467. The van der Waals surface area contributed by atoms with Gasteiger partial charge in [0.2, 0.25) is 5.82 Å². The highest BCUT2D eigenvalue weighted by Gasteiger charge is 2.43. The van der Waals surface area contributed by atoms with E-state index in [2.05, 4.69) is 19.1 Å². The third-order valence-corrected chi connectivity index (χ3v) is 9.09. The van der Waals surface area contributed by atoms with Gasteiger partial charge in [-0.2, -0.15) is 4.39 Å². The Labute approximate surface area is 210 Å². The van der Waals surface area contributed by atoms with E-state index in [-0.39, 0.29) is 17.6 Å². The predicted octanol–water partition coefficient (Wildman–Crippen LogP) is 8.59. The van der Waals surface area contributed by atoms with E-state index >= 15 is 0 Å². The van der Waals surface area contributed by atoms with Crippen LogP contribution in [0.2, 0.25) is 0 Å². The molecular formula is C31H42F2O2. The monoisotopic (exact) mass is 484 g/mol. The number of aryl methyl sites for hydroxylation is 1. The van der Waals surface area contributed by atoms with Crippen LogP contribution < -0.4 is 4.74 Å². The average Bonchev–Trinajstić information content (AvgIpc) is 2.88. The number of carbonyl (C=O) groups is 1. The molecule has 4 unspecified atom stereocenters. The largest absolute Gasteiger partial charge is 0.423 e. The number of ether oxygens (including phenoxy) is 1. The molecule has 0 saturated heterocycles. The lowest BCUT2D eigenvalue weighted by Gasteiger charge is -2.45. The maximum Gasteiger partial charge on any atom is 0.314 e. The molecule has 4 atom stereocenters. The minimum absolute atomic E-state index is 0.197. The van der Waals surface area contributed by atoms with Crippen LogP contribution in [0.4, 0.5) is 8.78 Å². The number of carbonyl (C=O) groups excluding carboxylic acids is 1. The zero-order valence-corrected chi connectivity index (χ0v) is 21.5. The molecule has 0 bridgehead atoms. The molecule has 1 aromatic rings. The highest BCUT2D eigenvalue weighted by molar-refractivity contribution is 5.75. The van der Waals surface area contributed by atoms with Crippen molar-refractivity contribution in [2.45, 2.75) is 90.9 Å². The summed E-state index contributed by atoms with van der Waals surface area (Å²) in [6.45, 7) is 4.02. The van der Waals surface area contributed by atoms with Crippen molar-refractivity contribution in [2.75, 3.05) is 0 Å². The second kappa shape index (κ2) is 12.3. The summed E-state index contributed by atoms with van der Waals surface area (Å²) in [6, 6.07) is 2.97. The number of halogens is 2. The van der Waals surface area contributed by atoms with Gasteiger partial charge < -0.3 is 4.74 Å². The maximum atomic E-state index is 14.7. The lowest BCUT2D eigenvalue weighted by atomic mass is 9.59. The molecule has 4 heteroatoms. The SMILES string of the molecule is C/C=C/CCc1ccc(OC(=O)C2CCCC3CC(C4CCC(/C=C/C)CC4)CCC32)c(F)c1F. The molecule has 3 aliphatic rings. The Morgan fingerprint density at radius 3 is 2.43 bits per heavy atom. The number of hydrogen-bond donors (Lipinski definition) is 0. The lowest BCUT2D eigenvalue weighted by Crippen LogP contribution is -2.40. The Bertz CT molecular complexity index is 913. The van der Waals surface area contributed by atoms with E-state index in [9.17, 15) is 13.6 Å². The Kier molecular flexibility index (Phi) is 9.19. The third kappa shape index (κ3) is 6.24. The molecule has 1 aromatic carbocycles. The van der Waals surface area contributed by atoms with Crippen molar-refractivity contribution in [1.29, 1.82) is 0 Å². The van der Waals surface area contributed by atoms with Crippen molar-refractivity contribution in [1.82, 2.24) is 0 Å². The van der Waals surface area contributed by atoms with Gasteiger partial charge in [0.25, 0.3) is 0 Å². The number of esters is 1. The Hall–Kier alpha value is -1.97. The minimum Gasteiger partial charge on any atom is -0.423 e. The van der Waals surface area contributed by atoms with Crippen LogP contribution in [-0.4, -0.2) is 5.97 Å². The molecule has 3 aliphatic carbocycles. The van der Waals surface area contributed by atoms with Crippen molar-refractivity contribution in [3.63, 3.8) is 0 Å². The van der Waals surface area contributed by atoms with E-state index in [1.54, 1.807) is 6.07 Å². The first-order valence-corrected chi connectivity index (χ1v) is 13.9. The van der Waals surface area contributed by atoms with E-state index in [4.69, 9.17) is 4.74 Å². The summed E-state index contributed by atoms with van der Waals surface area (Å²) < 4.78 is 34.7. The van der Waals surface area contributed by atoms with Crippen molar-refractivity contribution in [2.24, 2.45) is 35.5 Å². The summed E-state index contributed by atoms with van der Waals surface area (Å²) in [7, 11) is 0. The Balaban J connectivity index is 1.35. The Morgan fingerprint density at radius 1 is 0.914 bits per heavy atom. The topological polar surface area (TPSA) is 26.3 Å². The molecule has 0 aliphatic heterocycles. The molecule has 4 rings (SSSR count). The van der Waals surface area contributed by atoms with Crippen molar-refractivity contribution in [3.8, 4) is 5.75 Å². The van der Waals surface area contributed by atoms with Gasteiger partial charge in [0.15, 0.2) is 11.6 Å². The second-order valence-corrected chi connectivity index (χ2v) is 11.1. The van der Waals surface area contributed by atoms with Gasteiger partial charge in [-0.25, -0.2) is 4.39 Å². The van der Waals surface area contributed by atoms with Crippen LogP contribution in [0.25, 0.3) is 0 Å². The van der Waals surface area contributed by atoms with Crippen LogP contribution in [0, 0.1) is 47.1 Å². The van der Waals surface area contributed by atoms with E-state index in [1.165, 1.54) is 51.0 Å². The van der Waals surface area contributed by atoms with Crippen molar-refractivity contribution < 1.29 is 18.3 Å². The highest BCUT2D eigenvalue weighted by atomic mass is 19.2. The predicted molar refractivity (Wildman–Crippen MR) is 137 cm³/mol. The zero-order chi connectivity index (χ0) is 24.8. The van der Waals surface area contributed by atoms with Gasteiger partial charge in [-0.1, -0.05) is 43.2 Å². The molecule has 0 spiro atoms. The fraction of sp³-hybridized carbons (Fsp3) is 0.645. The molecule has 0 aromatic heterocycles. The van der Waals surface area contributed by atoms with E-state index in [0.29, 0.717) is 30.2 Å². The maximum absolute atomic E-state index is 14.7. The smallest absolute Gasteiger partial charge is 0.314 e. The molecule has 0 heterocycles. The summed E-state index contributed by atoms with van der Waals surface area (Å²) in [4.78, 5) is 13.1.